The first-order valence-corrected chi connectivity index (χ1v) is 3.95. The van der Waals surface area contributed by atoms with Crippen LogP contribution in [0.1, 0.15) is 12.2 Å². The largest absolute Gasteiger partial charge is 0.337 e. The van der Waals surface area contributed by atoms with E-state index in [4.69, 9.17) is 6.42 Å². The van der Waals surface area contributed by atoms with Gasteiger partial charge in [0, 0.05) is 32.4 Å². The van der Waals surface area contributed by atoms with Crippen LogP contribution in [-0.4, -0.2) is 16.1 Å². The van der Waals surface area contributed by atoms with Crippen molar-refractivity contribution in [2.24, 2.45) is 7.05 Å². The van der Waals surface area contributed by atoms with E-state index in [0.29, 0.717) is 0 Å². The molecule has 1 heterocycles. The Kier molecular flexibility index (Phi) is 3.36. The highest BCUT2D eigenvalue weighted by Gasteiger charge is 1.95. The van der Waals surface area contributed by atoms with Crippen molar-refractivity contribution in [3.05, 3.63) is 18.2 Å². The van der Waals surface area contributed by atoms with Gasteiger partial charge in [0.1, 0.15) is 5.82 Å². The monoisotopic (exact) mass is 163 g/mol. The van der Waals surface area contributed by atoms with Crippen molar-refractivity contribution >= 4 is 0 Å². The van der Waals surface area contributed by atoms with Crippen molar-refractivity contribution in [1.82, 2.24) is 14.9 Å². The predicted molar refractivity (Wildman–Crippen MR) is 48.4 cm³/mol. The van der Waals surface area contributed by atoms with E-state index in [-0.39, 0.29) is 0 Å². The molecule has 0 saturated carbocycles. The first kappa shape index (κ1) is 8.82. The molecule has 1 aromatic heterocycles. The molecule has 0 amide bonds. The normalized spacial score (nSPS) is 9.67. The lowest BCUT2D eigenvalue weighted by Gasteiger charge is -2.01. The van der Waals surface area contributed by atoms with Crippen LogP contribution in [0.15, 0.2) is 12.4 Å². The standard InChI is InChI=1S/C9H13N3/c1-3-4-5-10-8-9-11-6-7-12(9)2/h1,6-7,10H,4-5,8H2,2H3. The third-order valence-corrected chi connectivity index (χ3v) is 1.65. The van der Waals surface area contributed by atoms with Crippen molar-refractivity contribution < 1.29 is 0 Å². The summed E-state index contributed by atoms with van der Waals surface area (Å²) in [5, 5.41) is 3.20. The van der Waals surface area contributed by atoms with Gasteiger partial charge >= 0.3 is 0 Å². The Labute approximate surface area is 72.8 Å². The van der Waals surface area contributed by atoms with Gasteiger partial charge in [-0.05, 0) is 0 Å². The average Bonchev–Trinajstić information content (AvgIpc) is 2.46. The molecule has 0 atom stereocenters. The summed E-state index contributed by atoms with van der Waals surface area (Å²) in [6.45, 7) is 1.63. The third-order valence-electron chi connectivity index (χ3n) is 1.65. The summed E-state index contributed by atoms with van der Waals surface area (Å²) in [6, 6.07) is 0. The number of imidazole rings is 1. The number of hydrogen-bond acceptors (Lipinski definition) is 2. The van der Waals surface area contributed by atoms with Crippen LogP contribution >= 0.6 is 0 Å². The first-order chi connectivity index (χ1) is 5.84. The van der Waals surface area contributed by atoms with Crippen LogP contribution in [0, 0.1) is 12.3 Å². The molecule has 1 N–H and O–H groups in total. The van der Waals surface area contributed by atoms with Gasteiger partial charge in [0.2, 0.25) is 0 Å². The van der Waals surface area contributed by atoms with E-state index in [1.807, 2.05) is 17.8 Å². The van der Waals surface area contributed by atoms with E-state index in [1.165, 1.54) is 0 Å². The molecule has 0 saturated heterocycles. The van der Waals surface area contributed by atoms with Crippen LogP contribution in [0.3, 0.4) is 0 Å². The Morgan fingerprint density at radius 3 is 3.17 bits per heavy atom. The molecular weight excluding hydrogens is 150 g/mol. The second kappa shape index (κ2) is 4.58. The highest BCUT2D eigenvalue weighted by Crippen LogP contribution is 1.92. The molecule has 0 bridgehead atoms. The summed E-state index contributed by atoms with van der Waals surface area (Å²) in [5.74, 6) is 3.61. The van der Waals surface area contributed by atoms with Gasteiger partial charge in [0.25, 0.3) is 0 Å². The van der Waals surface area contributed by atoms with E-state index in [2.05, 4.69) is 16.2 Å². The second-order valence-electron chi connectivity index (χ2n) is 2.59. The highest BCUT2D eigenvalue weighted by molar-refractivity contribution is 4.91. The van der Waals surface area contributed by atoms with Crippen molar-refractivity contribution in [3.63, 3.8) is 0 Å². The minimum atomic E-state index is 0.768. The molecule has 3 nitrogen and oxygen atoms in total. The molecular formula is C9H13N3. The fourth-order valence-corrected chi connectivity index (χ4v) is 0.928. The van der Waals surface area contributed by atoms with E-state index in [9.17, 15) is 0 Å². The minimum Gasteiger partial charge on any atom is -0.337 e. The Bertz CT molecular complexity index is 270. The lowest BCUT2D eigenvalue weighted by atomic mass is 10.4. The molecule has 0 aliphatic heterocycles. The number of nitrogens with one attached hydrogen (secondary N) is 1. The Balaban J connectivity index is 2.25. The minimum absolute atomic E-state index is 0.768. The molecule has 1 rings (SSSR count). The van der Waals surface area contributed by atoms with Crippen LogP contribution in [0.2, 0.25) is 0 Å². The number of rotatable bonds is 4. The van der Waals surface area contributed by atoms with Gasteiger partial charge in [0.15, 0.2) is 0 Å². The molecule has 64 valence electrons. The van der Waals surface area contributed by atoms with Crippen molar-refractivity contribution in [3.8, 4) is 12.3 Å². The summed E-state index contributed by atoms with van der Waals surface area (Å²) in [7, 11) is 1.98. The average molecular weight is 163 g/mol. The summed E-state index contributed by atoms with van der Waals surface area (Å²) >= 11 is 0. The summed E-state index contributed by atoms with van der Waals surface area (Å²) in [5.41, 5.74) is 0. The summed E-state index contributed by atoms with van der Waals surface area (Å²) in [6.07, 6.45) is 9.59. The lowest BCUT2D eigenvalue weighted by Crippen LogP contribution is -2.16. The van der Waals surface area contributed by atoms with Gasteiger partial charge < -0.3 is 9.88 Å². The van der Waals surface area contributed by atoms with Crippen LogP contribution < -0.4 is 5.32 Å². The van der Waals surface area contributed by atoms with E-state index in [0.717, 1.165) is 25.3 Å². The molecule has 0 spiro atoms. The summed E-state index contributed by atoms with van der Waals surface area (Å²) in [4.78, 5) is 4.16. The number of nitrogens with zero attached hydrogens (tertiary/aromatic N) is 2. The Morgan fingerprint density at radius 2 is 2.58 bits per heavy atom. The van der Waals surface area contributed by atoms with E-state index in [1.54, 1.807) is 6.20 Å². The predicted octanol–water partition coefficient (Wildman–Crippen LogP) is 0.533. The van der Waals surface area contributed by atoms with Gasteiger partial charge in [-0.2, -0.15) is 0 Å². The van der Waals surface area contributed by atoms with Crippen LogP contribution in [-0.2, 0) is 13.6 Å². The van der Waals surface area contributed by atoms with Crippen LogP contribution in [0.5, 0.6) is 0 Å². The molecule has 1 aromatic rings. The fourth-order valence-electron chi connectivity index (χ4n) is 0.928. The molecule has 3 heteroatoms. The van der Waals surface area contributed by atoms with Crippen molar-refractivity contribution in [2.75, 3.05) is 6.54 Å². The molecule has 0 aliphatic carbocycles. The zero-order valence-electron chi connectivity index (χ0n) is 7.25. The van der Waals surface area contributed by atoms with Crippen molar-refractivity contribution in [2.45, 2.75) is 13.0 Å². The Hall–Kier alpha value is -1.27. The second-order valence-corrected chi connectivity index (χ2v) is 2.59. The van der Waals surface area contributed by atoms with Crippen LogP contribution in [0.25, 0.3) is 0 Å². The first-order valence-electron chi connectivity index (χ1n) is 3.95. The quantitative estimate of drug-likeness (QED) is 0.518. The van der Waals surface area contributed by atoms with Crippen molar-refractivity contribution in [1.29, 1.82) is 0 Å². The highest BCUT2D eigenvalue weighted by atomic mass is 15.1. The van der Waals surface area contributed by atoms with Gasteiger partial charge in [-0.3, -0.25) is 0 Å². The maximum absolute atomic E-state index is 5.11. The SMILES string of the molecule is C#CCCNCc1nccn1C. The zero-order chi connectivity index (χ0) is 8.81. The topological polar surface area (TPSA) is 29.9 Å². The number of aryl methyl sites for hydroxylation is 1. The third kappa shape index (κ3) is 2.40. The number of hydrogen-bond donors (Lipinski definition) is 1. The van der Waals surface area contributed by atoms with Crippen LogP contribution in [0.4, 0.5) is 0 Å². The molecule has 0 unspecified atom stereocenters. The molecule has 0 aliphatic rings. The fraction of sp³-hybridized carbons (Fsp3) is 0.444. The Morgan fingerprint density at radius 1 is 1.75 bits per heavy atom. The maximum Gasteiger partial charge on any atom is 0.122 e. The van der Waals surface area contributed by atoms with E-state index < -0.39 is 0 Å². The maximum atomic E-state index is 5.11. The van der Waals surface area contributed by atoms with E-state index >= 15 is 0 Å². The summed E-state index contributed by atoms with van der Waals surface area (Å²) < 4.78 is 1.99. The molecule has 12 heavy (non-hydrogen) atoms. The van der Waals surface area contributed by atoms with Gasteiger partial charge in [0.05, 0.1) is 6.54 Å². The number of aromatic nitrogens is 2. The lowest BCUT2D eigenvalue weighted by molar-refractivity contribution is 0.646. The molecule has 0 aromatic carbocycles. The van der Waals surface area contributed by atoms with Gasteiger partial charge in [-0.25, -0.2) is 4.98 Å². The molecule has 0 radical (unpaired) electrons. The zero-order valence-corrected chi connectivity index (χ0v) is 7.25. The smallest absolute Gasteiger partial charge is 0.122 e. The molecule has 0 fully saturated rings. The van der Waals surface area contributed by atoms with Gasteiger partial charge in [-0.1, -0.05) is 0 Å². The number of terminal acetylenes is 1. The van der Waals surface area contributed by atoms with Gasteiger partial charge in [-0.15, -0.1) is 12.3 Å².